The molecule has 0 unspecified atom stereocenters. The molecule has 0 saturated carbocycles. The molecule has 7 heteroatoms. The molecule has 0 atom stereocenters. The molecule has 2 saturated heterocycles. The molecule has 3 aromatic rings. The second kappa shape index (κ2) is 10.2. The maximum atomic E-state index is 13.4. The summed E-state index contributed by atoms with van der Waals surface area (Å²) in [5.74, 6) is 1.37. The molecule has 0 N–H and O–H groups in total. The Balaban J connectivity index is 1.46. The van der Waals surface area contributed by atoms with Crippen LogP contribution in [0.15, 0.2) is 81.2 Å². The highest BCUT2D eigenvalue weighted by atomic mass is 32.2. The third-order valence-corrected chi connectivity index (χ3v) is 6.99. The summed E-state index contributed by atoms with van der Waals surface area (Å²) in [6.45, 7) is 2.46. The quantitative estimate of drug-likeness (QED) is 0.406. The fraction of sp³-hybridized carbons (Fsp3) is 0.259. The largest absolute Gasteiger partial charge is 0.496 e. The summed E-state index contributed by atoms with van der Waals surface area (Å²) in [5, 5.41) is 0.628. The Morgan fingerprint density at radius 1 is 1.06 bits per heavy atom. The van der Waals surface area contributed by atoms with Crippen molar-refractivity contribution in [1.82, 2.24) is 4.90 Å². The zero-order valence-corrected chi connectivity index (χ0v) is 20.0. The number of anilines is 1. The molecular weight excluding hydrogens is 446 g/mol. The first-order chi connectivity index (χ1) is 16.7. The summed E-state index contributed by atoms with van der Waals surface area (Å²) in [6, 6.07) is 19.6. The van der Waals surface area contributed by atoms with Crippen LogP contribution in [0.25, 0.3) is 6.08 Å². The first-order valence-electron chi connectivity index (χ1n) is 11.5. The van der Waals surface area contributed by atoms with E-state index in [4.69, 9.17) is 14.1 Å². The van der Waals surface area contributed by atoms with E-state index >= 15 is 0 Å². The lowest BCUT2D eigenvalue weighted by atomic mass is 10.1. The van der Waals surface area contributed by atoms with Gasteiger partial charge in [0.25, 0.3) is 5.91 Å². The molecule has 2 aliphatic rings. The molecular formula is C27H27N3O3S. The van der Waals surface area contributed by atoms with E-state index in [1.807, 2.05) is 54.6 Å². The van der Waals surface area contributed by atoms with Gasteiger partial charge in [0.05, 0.1) is 30.5 Å². The highest BCUT2D eigenvalue weighted by molar-refractivity contribution is 8.18. The number of methoxy groups -OCH3 is 1. The molecule has 1 aromatic heterocycles. The van der Waals surface area contributed by atoms with Crippen molar-refractivity contribution in [3.8, 4) is 5.75 Å². The Morgan fingerprint density at radius 3 is 2.62 bits per heavy atom. The molecule has 0 aliphatic carbocycles. The first-order valence-corrected chi connectivity index (χ1v) is 12.3. The van der Waals surface area contributed by atoms with Crippen molar-refractivity contribution in [2.75, 3.05) is 25.1 Å². The number of ether oxygens (including phenoxy) is 1. The van der Waals surface area contributed by atoms with Gasteiger partial charge in [0, 0.05) is 30.4 Å². The van der Waals surface area contributed by atoms with Gasteiger partial charge in [-0.1, -0.05) is 18.2 Å². The number of furan rings is 1. The Morgan fingerprint density at radius 2 is 1.88 bits per heavy atom. The maximum Gasteiger partial charge on any atom is 0.267 e. The minimum absolute atomic E-state index is 0.0989. The molecule has 0 spiro atoms. The van der Waals surface area contributed by atoms with E-state index in [0.717, 1.165) is 35.8 Å². The van der Waals surface area contributed by atoms with Crippen LogP contribution in [-0.4, -0.2) is 36.2 Å². The second-order valence-electron chi connectivity index (χ2n) is 8.29. The molecule has 2 aliphatic heterocycles. The number of para-hydroxylation sites is 1. The Hall–Kier alpha value is -3.45. The van der Waals surface area contributed by atoms with Gasteiger partial charge in [0.15, 0.2) is 5.17 Å². The molecule has 0 bridgehead atoms. The van der Waals surface area contributed by atoms with Crippen LogP contribution in [0.3, 0.4) is 0 Å². The number of rotatable bonds is 6. The number of nitrogens with zero attached hydrogens (tertiary/aromatic N) is 3. The van der Waals surface area contributed by atoms with Gasteiger partial charge in [-0.05, 0) is 73.5 Å². The smallest absolute Gasteiger partial charge is 0.267 e. The third kappa shape index (κ3) is 4.89. The van der Waals surface area contributed by atoms with Crippen LogP contribution in [0.1, 0.15) is 30.6 Å². The van der Waals surface area contributed by atoms with E-state index in [2.05, 4.69) is 17.0 Å². The third-order valence-electron chi connectivity index (χ3n) is 5.99. The number of carbonyl (C=O) groups is 1. The van der Waals surface area contributed by atoms with Crippen LogP contribution in [0, 0.1) is 0 Å². The summed E-state index contributed by atoms with van der Waals surface area (Å²) in [4.78, 5) is 22.8. The lowest BCUT2D eigenvalue weighted by molar-refractivity contribution is -0.122. The monoisotopic (exact) mass is 473 g/mol. The maximum absolute atomic E-state index is 13.4. The van der Waals surface area contributed by atoms with Crippen molar-refractivity contribution in [2.24, 2.45) is 4.99 Å². The number of piperidine rings is 1. The highest BCUT2D eigenvalue weighted by Gasteiger charge is 2.34. The SMILES string of the molecule is COc1cc(N2CCCCC2)ccc1/C=C1\SC(=Nc2ccccc2)N(Cc2ccco2)C1=O. The van der Waals surface area contributed by atoms with Gasteiger partial charge in [-0.25, -0.2) is 4.99 Å². The normalized spacial score (nSPS) is 18.8. The number of thioether (sulfide) groups is 1. The van der Waals surface area contributed by atoms with E-state index in [-0.39, 0.29) is 5.91 Å². The van der Waals surface area contributed by atoms with Crippen molar-refractivity contribution in [3.63, 3.8) is 0 Å². The molecule has 1 amide bonds. The number of hydrogen-bond donors (Lipinski definition) is 0. The summed E-state index contributed by atoms with van der Waals surface area (Å²) >= 11 is 1.37. The van der Waals surface area contributed by atoms with Crippen molar-refractivity contribution in [3.05, 3.63) is 83.2 Å². The minimum Gasteiger partial charge on any atom is -0.496 e. The number of amides is 1. The van der Waals surface area contributed by atoms with E-state index in [0.29, 0.717) is 22.4 Å². The summed E-state index contributed by atoms with van der Waals surface area (Å²) < 4.78 is 11.2. The summed E-state index contributed by atoms with van der Waals surface area (Å²) in [6.07, 6.45) is 7.23. The van der Waals surface area contributed by atoms with Crippen molar-refractivity contribution >= 4 is 40.3 Å². The van der Waals surface area contributed by atoms with E-state index in [9.17, 15) is 4.79 Å². The van der Waals surface area contributed by atoms with E-state index in [1.54, 1.807) is 18.3 Å². The number of amidine groups is 1. The molecule has 2 fully saturated rings. The van der Waals surface area contributed by atoms with Crippen molar-refractivity contribution < 1.29 is 13.9 Å². The van der Waals surface area contributed by atoms with Gasteiger partial charge >= 0.3 is 0 Å². The molecule has 0 radical (unpaired) electrons. The Kier molecular flexibility index (Phi) is 6.72. The lowest BCUT2D eigenvalue weighted by Gasteiger charge is -2.29. The molecule has 34 heavy (non-hydrogen) atoms. The number of benzene rings is 2. The van der Waals surface area contributed by atoms with E-state index in [1.165, 1.54) is 31.0 Å². The Labute approximate surface area is 203 Å². The number of aliphatic imine (C=N–C) groups is 1. The number of hydrogen-bond acceptors (Lipinski definition) is 6. The summed E-state index contributed by atoms with van der Waals surface area (Å²) in [5.41, 5.74) is 2.83. The van der Waals surface area contributed by atoms with Crippen LogP contribution in [-0.2, 0) is 11.3 Å². The summed E-state index contributed by atoms with van der Waals surface area (Å²) in [7, 11) is 1.67. The minimum atomic E-state index is -0.0989. The number of carbonyl (C=O) groups excluding carboxylic acids is 1. The second-order valence-corrected chi connectivity index (χ2v) is 9.29. The van der Waals surface area contributed by atoms with Crippen LogP contribution >= 0.6 is 11.8 Å². The van der Waals surface area contributed by atoms with Gasteiger partial charge in [-0.2, -0.15) is 0 Å². The predicted molar refractivity (Wildman–Crippen MR) is 137 cm³/mol. The van der Waals surface area contributed by atoms with E-state index < -0.39 is 0 Å². The van der Waals surface area contributed by atoms with Crippen molar-refractivity contribution in [1.29, 1.82) is 0 Å². The fourth-order valence-electron chi connectivity index (χ4n) is 4.21. The fourth-order valence-corrected chi connectivity index (χ4v) is 5.20. The van der Waals surface area contributed by atoms with Gasteiger partial charge in [0.2, 0.25) is 0 Å². The molecule has 2 aromatic carbocycles. The molecule has 5 rings (SSSR count). The average Bonchev–Trinajstić information content (AvgIpc) is 3.50. The van der Waals surface area contributed by atoms with Crippen LogP contribution in [0.4, 0.5) is 11.4 Å². The Bertz CT molecular complexity index is 1200. The molecule has 3 heterocycles. The highest BCUT2D eigenvalue weighted by Crippen LogP contribution is 2.37. The van der Waals surface area contributed by atoms with Crippen LogP contribution in [0.2, 0.25) is 0 Å². The molecule has 174 valence electrons. The van der Waals surface area contributed by atoms with Crippen molar-refractivity contribution in [2.45, 2.75) is 25.8 Å². The zero-order chi connectivity index (χ0) is 23.3. The van der Waals surface area contributed by atoms with Gasteiger partial charge in [-0.15, -0.1) is 0 Å². The van der Waals surface area contributed by atoms with Gasteiger partial charge in [0.1, 0.15) is 11.5 Å². The predicted octanol–water partition coefficient (Wildman–Crippen LogP) is 6.08. The van der Waals surface area contributed by atoms with Crippen LogP contribution in [0.5, 0.6) is 5.75 Å². The van der Waals surface area contributed by atoms with Gasteiger partial charge in [-0.3, -0.25) is 9.69 Å². The zero-order valence-electron chi connectivity index (χ0n) is 19.1. The average molecular weight is 474 g/mol. The van der Waals surface area contributed by atoms with Gasteiger partial charge < -0.3 is 14.1 Å². The van der Waals surface area contributed by atoms with Crippen LogP contribution < -0.4 is 9.64 Å². The molecule has 6 nitrogen and oxygen atoms in total. The standard InChI is InChI=1S/C27H27N3O3S/c1-32-24-18-22(29-14-6-3-7-15-29)13-12-20(24)17-25-26(31)30(19-23-11-8-16-33-23)27(34-25)28-21-9-4-2-5-10-21/h2,4-5,8-13,16-18H,3,6-7,14-15,19H2,1H3/b25-17-,28-27?. The first kappa shape index (κ1) is 22.3. The lowest BCUT2D eigenvalue weighted by Crippen LogP contribution is -2.29. The topological polar surface area (TPSA) is 58.3 Å².